The van der Waals surface area contributed by atoms with Gasteiger partial charge in [0.25, 0.3) is 0 Å². The van der Waals surface area contributed by atoms with Crippen molar-refractivity contribution in [2.24, 2.45) is 10.9 Å². The smallest absolute Gasteiger partial charge is 0.156 e. The van der Waals surface area contributed by atoms with E-state index in [1.165, 1.54) is 11.1 Å². The van der Waals surface area contributed by atoms with Crippen molar-refractivity contribution in [3.8, 4) is 5.75 Å². The summed E-state index contributed by atoms with van der Waals surface area (Å²) in [6.07, 6.45) is 1.01. The first-order valence-electron chi connectivity index (χ1n) is 6.57. The Balaban J connectivity index is 1.71. The Morgan fingerprint density at radius 1 is 1.53 bits per heavy atom. The number of ether oxygens (including phenoxy) is 1. The summed E-state index contributed by atoms with van der Waals surface area (Å²) in [5, 5.41) is 4.49. The summed E-state index contributed by atoms with van der Waals surface area (Å²) in [6.45, 7) is 4.75. The predicted molar refractivity (Wildman–Crippen MR) is 84.1 cm³/mol. The summed E-state index contributed by atoms with van der Waals surface area (Å²) in [6, 6.07) is 4.29. The molecule has 5 heteroatoms. The van der Waals surface area contributed by atoms with Gasteiger partial charge in [-0.15, -0.1) is 0 Å². The Hall–Kier alpha value is -0.680. The van der Waals surface area contributed by atoms with E-state index < -0.39 is 0 Å². The minimum atomic E-state index is 0.689. The topological polar surface area (TPSA) is 33.6 Å². The van der Waals surface area contributed by atoms with Crippen LogP contribution in [-0.4, -0.2) is 24.1 Å². The first-order valence-corrected chi connectivity index (χ1v) is 8.35. The summed E-state index contributed by atoms with van der Waals surface area (Å²) in [5.41, 5.74) is 2.52. The molecule has 3 rings (SSSR count). The molecule has 2 heterocycles. The molecule has 0 amide bonds. The third kappa shape index (κ3) is 3.08. The Kier molecular flexibility index (Phi) is 4.03. The highest BCUT2D eigenvalue weighted by atomic mass is 79.9. The Bertz CT molecular complexity index is 518. The molecule has 0 saturated carbocycles. The maximum Gasteiger partial charge on any atom is 0.156 e. The minimum Gasteiger partial charge on any atom is -0.493 e. The zero-order valence-corrected chi connectivity index (χ0v) is 13.3. The van der Waals surface area contributed by atoms with Crippen LogP contribution in [-0.2, 0) is 13.0 Å². The van der Waals surface area contributed by atoms with Gasteiger partial charge in [0, 0.05) is 35.3 Å². The first-order chi connectivity index (χ1) is 9.22. The second-order valence-corrected chi connectivity index (χ2v) is 6.99. The molecule has 3 nitrogen and oxygen atoms in total. The summed E-state index contributed by atoms with van der Waals surface area (Å²) in [5.74, 6) is 2.90. The molecule has 102 valence electrons. The van der Waals surface area contributed by atoms with Crippen molar-refractivity contribution in [1.29, 1.82) is 0 Å². The van der Waals surface area contributed by atoms with Crippen LogP contribution < -0.4 is 10.1 Å². The van der Waals surface area contributed by atoms with E-state index in [0.29, 0.717) is 5.92 Å². The molecule has 0 aromatic heterocycles. The Labute approximate surface area is 126 Å². The number of rotatable bonds is 2. The van der Waals surface area contributed by atoms with Gasteiger partial charge in [-0.25, -0.2) is 0 Å². The molecule has 1 unspecified atom stereocenters. The molecule has 1 aromatic carbocycles. The molecular weight excluding hydrogens is 324 g/mol. The molecule has 0 fully saturated rings. The lowest BCUT2D eigenvalue weighted by atomic mass is 10.1. The van der Waals surface area contributed by atoms with Crippen LogP contribution in [0.2, 0.25) is 0 Å². The molecule has 0 radical (unpaired) electrons. The van der Waals surface area contributed by atoms with Crippen molar-refractivity contribution in [2.45, 2.75) is 19.9 Å². The molecule has 0 saturated heterocycles. The third-order valence-electron chi connectivity index (χ3n) is 3.31. The molecule has 1 aromatic rings. The van der Waals surface area contributed by atoms with E-state index in [-0.39, 0.29) is 0 Å². The lowest BCUT2D eigenvalue weighted by molar-refractivity contribution is 0.353. The van der Waals surface area contributed by atoms with Gasteiger partial charge in [0.1, 0.15) is 5.75 Å². The van der Waals surface area contributed by atoms with Crippen molar-refractivity contribution >= 4 is 32.9 Å². The first kappa shape index (κ1) is 13.3. The van der Waals surface area contributed by atoms with Gasteiger partial charge in [0.15, 0.2) is 5.17 Å². The normalized spacial score (nSPS) is 21.6. The number of aliphatic imine (C=N–C) groups is 1. The number of fused-ring (bicyclic) bond motifs is 1. The van der Waals surface area contributed by atoms with Gasteiger partial charge >= 0.3 is 0 Å². The lowest BCUT2D eigenvalue weighted by Gasteiger charge is -2.18. The molecular formula is C14H17BrN2OS. The molecule has 0 spiro atoms. The molecule has 2 aliphatic rings. The van der Waals surface area contributed by atoms with Crippen LogP contribution in [0, 0.1) is 5.92 Å². The number of amidine groups is 1. The highest BCUT2D eigenvalue weighted by Crippen LogP contribution is 2.33. The Morgan fingerprint density at radius 2 is 2.42 bits per heavy atom. The Morgan fingerprint density at radius 3 is 3.21 bits per heavy atom. The fourth-order valence-electron chi connectivity index (χ4n) is 2.31. The van der Waals surface area contributed by atoms with Crippen molar-refractivity contribution < 1.29 is 4.74 Å². The largest absolute Gasteiger partial charge is 0.493 e. The van der Waals surface area contributed by atoms with Gasteiger partial charge in [-0.2, -0.15) is 0 Å². The third-order valence-corrected chi connectivity index (χ3v) is 5.05. The van der Waals surface area contributed by atoms with Gasteiger partial charge in [-0.1, -0.05) is 34.6 Å². The molecule has 0 bridgehead atoms. The zero-order chi connectivity index (χ0) is 13.2. The standard InChI is InChI=1S/C14H17BrN2OS/c1-9-6-16-14(19-8-9)17-7-11-5-12(15)4-10-2-3-18-13(10)11/h4-5,9H,2-3,6-8H2,1H3,(H,16,17). The molecule has 1 atom stereocenters. The van der Waals surface area contributed by atoms with Crippen molar-refractivity contribution in [1.82, 2.24) is 5.32 Å². The van der Waals surface area contributed by atoms with Gasteiger partial charge in [0.05, 0.1) is 6.61 Å². The summed E-state index contributed by atoms with van der Waals surface area (Å²) < 4.78 is 6.86. The van der Waals surface area contributed by atoms with E-state index in [2.05, 4.69) is 45.3 Å². The van der Waals surface area contributed by atoms with Crippen molar-refractivity contribution in [2.75, 3.05) is 18.9 Å². The SMILES string of the molecule is CC1CN=C(NCc2cc(Br)cc3c2OCC3)SC1. The maximum absolute atomic E-state index is 5.73. The maximum atomic E-state index is 5.73. The second kappa shape index (κ2) is 5.75. The van der Waals surface area contributed by atoms with E-state index in [1.54, 1.807) is 0 Å². The van der Waals surface area contributed by atoms with E-state index in [1.807, 2.05) is 11.8 Å². The van der Waals surface area contributed by atoms with Crippen LogP contribution in [0.5, 0.6) is 5.75 Å². The minimum absolute atomic E-state index is 0.689. The van der Waals surface area contributed by atoms with Gasteiger partial charge < -0.3 is 10.1 Å². The van der Waals surface area contributed by atoms with Gasteiger partial charge in [0.2, 0.25) is 0 Å². The van der Waals surface area contributed by atoms with Crippen molar-refractivity contribution in [3.63, 3.8) is 0 Å². The van der Waals surface area contributed by atoms with Gasteiger partial charge in [-0.3, -0.25) is 4.99 Å². The average Bonchev–Trinajstić information content (AvgIpc) is 2.85. The van der Waals surface area contributed by atoms with Crippen LogP contribution in [0.1, 0.15) is 18.1 Å². The molecule has 2 aliphatic heterocycles. The van der Waals surface area contributed by atoms with Crippen LogP contribution >= 0.6 is 27.7 Å². The van der Waals surface area contributed by atoms with E-state index in [9.17, 15) is 0 Å². The molecule has 1 N–H and O–H groups in total. The second-order valence-electron chi connectivity index (χ2n) is 5.07. The van der Waals surface area contributed by atoms with E-state index in [4.69, 9.17) is 4.74 Å². The monoisotopic (exact) mass is 340 g/mol. The van der Waals surface area contributed by atoms with Crippen molar-refractivity contribution in [3.05, 3.63) is 27.7 Å². The number of benzene rings is 1. The lowest BCUT2D eigenvalue weighted by Crippen LogP contribution is -2.25. The summed E-state index contributed by atoms with van der Waals surface area (Å²) in [7, 11) is 0. The number of nitrogens with one attached hydrogen (secondary N) is 1. The number of halogens is 1. The van der Waals surface area contributed by atoms with Crippen LogP contribution in [0.3, 0.4) is 0 Å². The van der Waals surface area contributed by atoms with Crippen LogP contribution in [0.15, 0.2) is 21.6 Å². The average molecular weight is 341 g/mol. The summed E-state index contributed by atoms with van der Waals surface area (Å²) >= 11 is 5.39. The number of nitrogens with zero attached hydrogens (tertiary/aromatic N) is 1. The van der Waals surface area contributed by atoms with E-state index in [0.717, 1.165) is 47.3 Å². The zero-order valence-electron chi connectivity index (χ0n) is 10.9. The number of hydrogen-bond donors (Lipinski definition) is 1. The fraction of sp³-hybridized carbons (Fsp3) is 0.500. The predicted octanol–water partition coefficient (Wildman–Crippen LogP) is 3.21. The number of hydrogen-bond acceptors (Lipinski definition) is 4. The quantitative estimate of drug-likeness (QED) is 0.897. The molecule has 19 heavy (non-hydrogen) atoms. The van der Waals surface area contributed by atoms with E-state index >= 15 is 0 Å². The number of thioether (sulfide) groups is 1. The van der Waals surface area contributed by atoms with Crippen LogP contribution in [0.25, 0.3) is 0 Å². The fourth-order valence-corrected chi connectivity index (χ4v) is 3.75. The van der Waals surface area contributed by atoms with Crippen LogP contribution in [0.4, 0.5) is 0 Å². The molecule has 0 aliphatic carbocycles. The summed E-state index contributed by atoms with van der Waals surface area (Å²) in [4.78, 5) is 4.56. The van der Waals surface area contributed by atoms with Gasteiger partial charge in [-0.05, 0) is 23.6 Å². The highest BCUT2D eigenvalue weighted by molar-refractivity contribution is 9.10. The highest BCUT2D eigenvalue weighted by Gasteiger charge is 2.18.